The lowest BCUT2D eigenvalue weighted by Crippen LogP contribution is -2.37. The summed E-state index contributed by atoms with van der Waals surface area (Å²) in [6.07, 6.45) is 2.68. The number of amides is 1. The van der Waals surface area contributed by atoms with Crippen molar-refractivity contribution in [1.29, 1.82) is 0 Å². The molecule has 0 fully saturated rings. The van der Waals surface area contributed by atoms with Crippen LogP contribution in [-0.4, -0.2) is 45.1 Å². The number of hydrogen-bond donors (Lipinski definition) is 1. The minimum absolute atomic E-state index is 0.0970. The van der Waals surface area contributed by atoms with Gasteiger partial charge in [0.25, 0.3) is 0 Å². The van der Waals surface area contributed by atoms with Gasteiger partial charge in [0.05, 0.1) is 6.26 Å². The Balaban J connectivity index is 3.95. The van der Waals surface area contributed by atoms with Crippen LogP contribution in [0.15, 0.2) is 12.7 Å². The number of rotatable bonds is 6. The van der Waals surface area contributed by atoms with E-state index in [1.54, 1.807) is 6.08 Å². The molecule has 1 amide bonds. The molecule has 6 heteroatoms. The van der Waals surface area contributed by atoms with E-state index in [2.05, 4.69) is 11.3 Å². The van der Waals surface area contributed by atoms with Gasteiger partial charge in [0.1, 0.15) is 0 Å². The van der Waals surface area contributed by atoms with Crippen molar-refractivity contribution in [3.8, 4) is 0 Å². The molecule has 0 unspecified atom stereocenters. The number of sulfonamides is 1. The van der Waals surface area contributed by atoms with Gasteiger partial charge in [-0.15, -0.1) is 6.58 Å². The van der Waals surface area contributed by atoms with Crippen molar-refractivity contribution in [2.24, 2.45) is 0 Å². The normalized spacial score (nSPS) is 11.0. The Morgan fingerprint density at radius 2 is 2.14 bits per heavy atom. The fourth-order valence-corrected chi connectivity index (χ4v) is 1.36. The van der Waals surface area contributed by atoms with Crippen LogP contribution in [0.4, 0.5) is 0 Å². The van der Waals surface area contributed by atoms with E-state index >= 15 is 0 Å². The van der Waals surface area contributed by atoms with E-state index in [4.69, 9.17) is 0 Å². The second-order valence-electron chi connectivity index (χ2n) is 2.92. The quantitative estimate of drug-likeness (QED) is 0.618. The Hall–Kier alpha value is -0.880. The number of carbonyl (C=O) groups excluding carboxylic acids is 1. The first kappa shape index (κ1) is 13.1. The SMILES string of the molecule is C=CCN(CCNS(C)(=O)=O)C(C)=O. The molecule has 0 aromatic carbocycles. The molecule has 5 nitrogen and oxygen atoms in total. The summed E-state index contributed by atoms with van der Waals surface area (Å²) in [4.78, 5) is 12.5. The Morgan fingerprint density at radius 1 is 1.57 bits per heavy atom. The number of carbonyl (C=O) groups is 1. The molecule has 0 rings (SSSR count). The molecule has 82 valence electrons. The summed E-state index contributed by atoms with van der Waals surface area (Å²) in [7, 11) is -3.17. The summed E-state index contributed by atoms with van der Waals surface area (Å²) in [6, 6.07) is 0. The van der Waals surface area contributed by atoms with E-state index in [1.807, 2.05) is 0 Å². The van der Waals surface area contributed by atoms with Crippen LogP contribution in [0.1, 0.15) is 6.92 Å². The van der Waals surface area contributed by atoms with Crippen molar-refractivity contribution >= 4 is 15.9 Å². The monoisotopic (exact) mass is 220 g/mol. The summed E-state index contributed by atoms with van der Waals surface area (Å²) in [6.45, 7) is 5.96. The molecule has 1 N–H and O–H groups in total. The van der Waals surface area contributed by atoms with Crippen molar-refractivity contribution in [1.82, 2.24) is 9.62 Å². The molecule has 0 saturated carbocycles. The highest BCUT2D eigenvalue weighted by Gasteiger charge is 2.07. The molecule has 0 aromatic heterocycles. The maximum atomic E-state index is 11.0. The van der Waals surface area contributed by atoms with E-state index in [1.165, 1.54) is 11.8 Å². The van der Waals surface area contributed by atoms with Crippen molar-refractivity contribution in [3.63, 3.8) is 0 Å². The fourth-order valence-electron chi connectivity index (χ4n) is 0.899. The first-order valence-electron chi connectivity index (χ1n) is 4.18. The van der Waals surface area contributed by atoms with Crippen LogP contribution < -0.4 is 4.72 Å². The second-order valence-corrected chi connectivity index (χ2v) is 4.75. The third-order valence-electron chi connectivity index (χ3n) is 1.54. The molecule has 0 heterocycles. The first-order valence-corrected chi connectivity index (χ1v) is 6.07. The van der Waals surface area contributed by atoms with Gasteiger partial charge in [0, 0.05) is 26.6 Å². The Morgan fingerprint density at radius 3 is 2.50 bits per heavy atom. The van der Waals surface area contributed by atoms with Gasteiger partial charge in [-0.2, -0.15) is 0 Å². The zero-order chi connectivity index (χ0) is 11.2. The molecule has 0 spiro atoms. The molecule has 0 radical (unpaired) electrons. The molecular formula is C8H16N2O3S. The van der Waals surface area contributed by atoms with E-state index in [-0.39, 0.29) is 12.5 Å². The van der Waals surface area contributed by atoms with Crippen molar-refractivity contribution in [2.75, 3.05) is 25.9 Å². The maximum absolute atomic E-state index is 11.0. The number of hydrogen-bond acceptors (Lipinski definition) is 3. The molecule has 0 saturated heterocycles. The van der Waals surface area contributed by atoms with E-state index in [0.717, 1.165) is 6.26 Å². The van der Waals surface area contributed by atoms with Crippen molar-refractivity contribution in [2.45, 2.75) is 6.92 Å². The highest BCUT2D eigenvalue weighted by atomic mass is 32.2. The summed E-state index contributed by atoms with van der Waals surface area (Å²) >= 11 is 0. The van der Waals surface area contributed by atoms with E-state index in [0.29, 0.717) is 13.1 Å². The third kappa shape index (κ3) is 6.62. The second kappa shape index (κ2) is 5.77. The molecule has 14 heavy (non-hydrogen) atoms. The summed E-state index contributed by atoms with van der Waals surface area (Å²) in [5.41, 5.74) is 0. The van der Waals surface area contributed by atoms with Gasteiger partial charge in [-0.1, -0.05) is 6.08 Å². The minimum Gasteiger partial charge on any atom is -0.338 e. The van der Waals surface area contributed by atoms with Crippen LogP contribution >= 0.6 is 0 Å². The van der Waals surface area contributed by atoms with Gasteiger partial charge >= 0.3 is 0 Å². The topological polar surface area (TPSA) is 66.5 Å². The zero-order valence-electron chi connectivity index (χ0n) is 8.49. The lowest BCUT2D eigenvalue weighted by molar-refractivity contribution is -0.128. The maximum Gasteiger partial charge on any atom is 0.219 e. The fraction of sp³-hybridized carbons (Fsp3) is 0.625. The smallest absolute Gasteiger partial charge is 0.219 e. The van der Waals surface area contributed by atoms with Crippen LogP contribution in [0.5, 0.6) is 0 Å². The Bertz CT molecular complexity index is 298. The summed E-state index contributed by atoms with van der Waals surface area (Å²) in [5, 5.41) is 0. The van der Waals surface area contributed by atoms with Crippen LogP contribution in [0, 0.1) is 0 Å². The van der Waals surface area contributed by atoms with E-state index in [9.17, 15) is 13.2 Å². The lowest BCUT2D eigenvalue weighted by atomic mass is 10.4. The van der Waals surface area contributed by atoms with Gasteiger partial charge < -0.3 is 4.90 Å². The number of nitrogens with one attached hydrogen (secondary N) is 1. The molecule has 0 aromatic rings. The highest BCUT2D eigenvalue weighted by molar-refractivity contribution is 7.88. The van der Waals surface area contributed by atoms with E-state index < -0.39 is 10.0 Å². The van der Waals surface area contributed by atoms with Gasteiger partial charge in [0.2, 0.25) is 15.9 Å². The molecule has 0 aliphatic carbocycles. The van der Waals surface area contributed by atoms with Crippen molar-refractivity contribution in [3.05, 3.63) is 12.7 Å². The van der Waals surface area contributed by atoms with Crippen LogP contribution in [0.2, 0.25) is 0 Å². The highest BCUT2D eigenvalue weighted by Crippen LogP contribution is 1.89. The minimum atomic E-state index is -3.17. The van der Waals surface area contributed by atoms with Crippen molar-refractivity contribution < 1.29 is 13.2 Å². The standard InChI is InChI=1S/C8H16N2O3S/c1-4-6-10(8(2)11)7-5-9-14(3,12)13/h4,9H,1,5-7H2,2-3H3. The largest absolute Gasteiger partial charge is 0.338 e. The van der Waals surface area contributed by atoms with Gasteiger partial charge in [-0.3, -0.25) is 4.79 Å². The van der Waals surface area contributed by atoms with Crippen LogP contribution in [-0.2, 0) is 14.8 Å². The van der Waals surface area contributed by atoms with Gasteiger partial charge in [0.15, 0.2) is 0 Å². The lowest BCUT2D eigenvalue weighted by Gasteiger charge is -2.18. The molecular weight excluding hydrogens is 204 g/mol. The molecule has 0 aliphatic heterocycles. The van der Waals surface area contributed by atoms with Crippen LogP contribution in [0.3, 0.4) is 0 Å². The zero-order valence-corrected chi connectivity index (χ0v) is 9.30. The summed E-state index contributed by atoms with van der Waals surface area (Å²) in [5.74, 6) is -0.0970. The number of nitrogens with zero attached hydrogens (tertiary/aromatic N) is 1. The van der Waals surface area contributed by atoms with Gasteiger partial charge in [-0.05, 0) is 0 Å². The predicted molar refractivity (Wildman–Crippen MR) is 55.3 cm³/mol. The summed E-state index contributed by atoms with van der Waals surface area (Å²) < 4.78 is 23.7. The third-order valence-corrected chi connectivity index (χ3v) is 2.27. The Labute approximate surface area is 84.8 Å². The average Bonchev–Trinajstić information content (AvgIpc) is 2.00. The van der Waals surface area contributed by atoms with Crippen LogP contribution in [0.25, 0.3) is 0 Å². The predicted octanol–water partition coefficient (Wildman–Crippen LogP) is -0.430. The molecule has 0 atom stereocenters. The molecule has 0 aliphatic rings. The Kier molecular flexibility index (Phi) is 5.40. The molecule has 0 bridgehead atoms. The average molecular weight is 220 g/mol. The van der Waals surface area contributed by atoms with Gasteiger partial charge in [-0.25, -0.2) is 13.1 Å². The first-order chi connectivity index (χ1) is 6.37.